The van der Waals surface area contributed by atoms with Crippen molar-refractivity contribution in [2.24, 2.45) is 5.73 Å². The predicted molar refractivity (Wildman–Crippen MR) is 164 cm³/mol. The van der Waals surface area contributed by atoms with Crippen molar-refractivity contribution in [3.05, 3.63) is 85.4 Å². The van der Waals surface area contributed by atoms with Crippen molar-refractivity contribution in [1.82, 2.24) is 30.7 Å². The second-order valence-electron chi connectivity index (χ2n) is 9.45. The van der Waals surface area contributed by atoms with Gasteiger partial charge in [0.2, 0.25) is 5.91 Å². The number of carbonyl (C=O) groups excluding carboxylic acids is 4. The molecular formula is C26H22N8O8S3. The van der Waals surface area contributed by atoms with Crippen molar-refractivity contribution < 1.29 is 34.2 Å². The van der Waals surface area contributed by atoms with Gasteiger partial charge in [-0.3, -0.25) is 24.1 Å². The molecule has 3 aromatic rings. The van der Waals surface area contributed by atoms with Crippen LogP contribution in [-0.4, -0.2) is 82.0 Å². The number of anilines is 1. The maximum Gasteiger partial charge on any atom is 0.353 e. The minimum absolute atomic E-state index is 0.0626. The largest absolute Gasteiger partial charge is 0.477 e. The molecule has 0 radical (unpaired) electrons. The average molecular weight is 671 g/mol. The monoisotopic (exact) mass is 670 g/mol. The number of fused-ring (bicyclic) bond motifs is 1. The van der Waals surface area contributed by atoms with Gasteiger partial charge in [0, 0.05) is 23.2 Å². The minimum Gasteiger partial charge on any atom is -0.477 e. The molecule has 232 valence electrons. The Morgan fingerprint density at radius 1 is 1.18 bits per heavy atom. The molecule has 19 heteroatoms. The first-order valence-corrected chi connectivity index (χ1v) is 15.1. The standard InChI is InChI=1S/C26H22N8O8S3/c27-26(42)29-11-4-1-3-10(7-11)15(30-20(37)12-5-2-6-28-19(12)36)21(38)31-16-23(39)34-17(25(40)41)13(9-44-24(16)34)18(43)22-33-32-14(8-35)45-22/h1-7,15-16,24,35H,8-9H2,(H,28,36)(H,30,37)(H,31,38)(H,40,41)(H3,27,29,42)/t15?,16?,24-/m0/s1. The van der Waals surface area contributed by atoms with Crippen molar-refractivity contribution in [2.45, 2.75) is 24.1 Å². The van der Waals surface area contributed by atoms with Crippen LogP contribution in [0.4, 0.5) is 10.5 Å². The van der Waals surface area contributed by atoms with Crippen LogP contribution in [0.1, 0.15) is 32.0 Å². The zero-order chi connectivity index (χ0) is 32.4. The van der Waals surface area contributed by atoms with Gasteiger partial charge in [0.25, 0.3) is 17.4 Å². The third kappa shape index (κ3) is 6.32. The first-order valence-electron chi connectivity index (χ1n) is 12.8. The number of aromatic amines is 1. The third-order valence-corrected chi connectivity index (χ3v) is 9.40. The summed E-state index contributed by atoms with van der Waals surface area (Å²) >= 11 is 7.60. The van der Waals surface area contributed by atoms with Crippen molar-refractivity contribution in [2.75, 3.05) is 11.1 Å². The lowest BCUT2D eigenvalue weighted by Crippen LogP contribution is -2.71. The normalized spacial score (nSPS) is 17.9. The van der Waals surface area contributed by atoms with Gasteiger partial charge in [-0.05, 0) is 29.8 Å². The number of aromatic nitrogens is 3. The van der Waals surface area contributed by atoms with Gasteiger partial charge >= 0.3 is 12.0 Å². The van der Waals surface area contributed by atoms with E-state index in [1.54, 1.807) is 0 Å². The number of benzene rings is 1. The van der Waals surface area contributed by atoms with Crippen molar-refractivity contribution in [1.29, 1.82) is 0 Å². The molecule has 4 heterocycles. The molecule has 0 bridgehead atoms. The third-order valence-electron chi connectivity index (χ3n) is 6.63. The van der Waals surface area contributed by atoms with Gasteiger partial charge in [-0.25, -0.2) is 9.59 Å². The number of aliphatic carboxylic acids is 1. The summed E-state index contributed by atoms with van der Waals surface area (Å²) in [5.74, 6) is -3.83. The van der Waals surface area contributed by atoms with E-state index in [9.17, 15) is 39.0 Å². The molecule has 2 unspecified atom stereocenters. The lowest BCUT2D eigenvalue weighted by Gasteiger charge is -2.49. The number of aliphatic hydroxyl groups is 1. The van der Waals surface area contributed by atoms with Gasteiger partial charge < -0.3 is 36.9 Å². The van der Waals surface area contributed by atoms with E-state index in [0.29, 0.717) is 0 Å². The van der Waals surface area contributed by atoms with Gasteiger partial charge in [0.05, 0.1) is 11.5 Å². The number of pyridine rings is 1. The predicted octanol–water partition coefficient (Wildman–Crippen LogP) is -0.163. The number of nitrogens with zero attached hydrogens (tertiary/aromatic N) is 3. The minimum atomic E-state index is -1.46. The second kappa shape index (κ2) is 12.9. The SMILES string of the molecule is NC(=O)Nc1cccc(C(NC(=O)c2ccc[nH]c2=O)C(=O)NC2C(=O)N3C(C(=O)O)=C(C(=S)c4nnc(CO)s4)CS[C@@H]23)c1. The van der Waals surface area contributed by atoms with Crippen LogP contribution in [0.5, 0.6) is 0 Å². The second-order valence-corrected chi connectivity index (χ2v) is 12.0. The van der Waals surface area contributed by atoms with Crippen LogP contribution in [0.3, 0.4) is 0 Å². The number of nitrogens with one attached hydrogen (secondary N) is 4. The van der Waals surface area contributed by atoms with Crippen LogP contribution >= 0.6 is 35.3 Å². The highest BCUT2D eigenvalue weighted by atomic mass is 32.2. The van der Waals surface area contributed by atoms with Crippen LogP contribution in [0.25, 0.3) is 0 Å². The van der Waals surface area contributed by atoms with Gasteiger partial charge in [-0.15, -0.1) is 22.0 Å². The first kappa shape index (κ1) is 31.4. The van der Waals surface area contributed by atoms with Crippen molar-refractivity contribution in [3.63, 3.8) is 0 Å². The quantitative estimate of drug-likeness (QED) is 0.0844. The Hall–Kier alpha value is -4.98. The first-order chi connectivity index (χ1) is 21.5. The number of urea groups is 1. The maximum absolute atomic E-state index is 13.7. The number of carbonyl (C=O) groups is 5. The van der Waals surface area contributed by atoms with Crippen LogP contribution in [0.15, 0.2) is 58.7 Å². The van der Waals surface area contributed by atoms with Gasteiger partial charge in [-0.1, -0.05) is 35.7 Å². The average Bonchev–Trinajstić information content (AvgIpc) is 3.50. The Labute approximate surface area is 266 Å². The van der Waals surface area contributed by atoms with Crippen LogP contribution in [0.2, 0.25) is 0 Å². The molecule has 1 saturated heterocycles. The molecule has 5 amide bonds. The number of rotatable bonds is 10. The Morgan fingerprint density at radius 3 is 2.62 bits per heavy atom. The number of primary amides is 1. The highest BCUT2D eigenvalue weighted by Crippen LogP contribution is 2.41. The van der Waals surface area contributed by atoms with Crippen molar-refractivity contribution in [3.8, 4) is 0 Å². The lowest BCUT2D eigenvalue weighted by molar-refractivity contribution is -0.150. The fourth-order valence-electron chi connectivity index (χ4n) is 4.62. The highest BCUT2D eigenvalue weighted by molar-refractivity contribution is 8.00. The Morgan fingerprint density at radius 2 is 1.96 bits per heavy atom. The summed E-state index contributed by atoms with van der Waals surface area (Å²) in [6.45, 7) is -0.372. The molecule has 45 heavy (non-hydrogen) atoms. The van der Waals surface area contributed by atoms with E-state index >= 15 is 0 Å². The molecule has 2 aliphatic heterocycles. The lowest BCUT2D eigenvalue weighted by atomic mass is 9.99. The number of carboxylic acids is 1. The molecule has 0 saturated carbocycles. The van der Waals surface area contributed by atoms with Crippen LogP contribution in [0, 0.1) is 0 Å². The zero-order valence-corrected chi connectivity index (χ0v) is 25.1. The zero-order valence-electron chi connectivity index (χ0n) is 22.7. The molecule has 3 atom stereocenters. The van der Waals surface area contributed by atoms with Crippen molar-refractivity contribution >= 4 is 75.6 Å². The number of β-lactam (4-membered cyclic amide) rings is 1. The number of carboxylic acid groups (broad SMARTS) is 1. The molecule has 2 aliphatic rings. The highest BCUT2D eigenvalue weighted by Gasteiger charge is 2.55. The molecule has 16 nitrogen and oxygen atoms in total. The topological polar surface area (TPSA) is 250 Å². The fourth-order valence-corrected chi connectivity index (χ4v) is 7.06. The summed E-state index contributed by atoms with van der Waals surface area (Å²) in [7, 11) is 0. The summed E-state index contributed by atoms with van der Waals surface area (Å²) in [5.41, 5.74) is 4.40. The van der Waals surface area contributed by atoms with E-state index < -0.39 is 52.7 Å². The summed E-state index contributed by atoms with van der Waals surface area (Å²) in [4.78, 5) is 79.4. The van der Waals surface area contributed by atoms with E-state index in [-0.39, 0.29) is 55.3 Å². The smallest absolute Gasteiger partial charge is 0.353 e. The van der Waals surface area contributed by atoms with Crippen LogP contribution < -0.4 is 27.2 Å². The molecule has 0 aliphatic carbocycles. The number of H-pyrrole nitrogens is 1. The number of nitrogens with two attached hydrogens (primary N) is 1. The van der Waals surface area contributed by atoms with E-state index in [2.05, 4.69) is 31.1 Å². The van der Waals surface area contributed by atoms with E-state index in [4.69, 9.17) is 18.0 Å². The van der Waals surface area contributed by atoms with E-state index in [0.717, 1.165) is 28.0 Å². The number of hydrogen-bond acceptors (Lipinski definition) is 12. The molecule has 8 N–H and O–H groups in total. The summed E-state index contributed by atoms with van der Waals surface area (Å²) < 4.78 is 0. The maximum atomic E-state index is 13.7. The molecule has 1 fully saturated rings. The number of thioether (sulfide) groups is 1. The summed E-state index contributed by atoms with van der Waals surface area (Å²) in [6.07, 6.45) is 1.33. The van der Waals surface area contributed by atoms with Gasteiger partial charge in [0.15, 0.2) is 5.01 Å². The van der Waals surface area contributed by atoms with E-state index in [1.165, 1.54) is 42.6 Å². The molecular weight excluding hydrogens is 649 g/mol. The Bertz CT molecular complexity index is 1840. The molecule has 1 aromatic carbocycles. The number of amides is 5. The Kier molecular flexibility index (Phi) is 9.04. The van der Waals surface area contributed by atoms with E-state index in [1.807, 2.05) is 0 Å². The fraction of sp³-hybridized carbons (Fsp3) is 0.192. The summed E-state index contributed by atoms with van der Waals surface area (Å²) in [5, 5.41) is 34.1. The molecule has 2 aromatic heterocycles. The van der Waals surface area contributed by atoms with Crippen LogP contribution in [-0.2, 0) is 21.0 Å². The Balaban J connectivity index is 1.41. The van der Waals surface area contributed by atoms with Gasteiger partial charge in [-0.2, -0.15) is 0 Å². The summed E-state index contributed by atoms with van der Waals surface area (Å²) in [6, 6.07) is 5.01. The number of aliphatic hydroxyl groups excluding tert-OH is 1. The number of thiocarbonyl (C=S) groups is 1. The van der Waals surface area contributed by atoms with Gasteiger partial charge in [0.1, 0.15) is 33.7 Å². The number of hydrogen-bond donors (Lipinski definition) is 7. The molecule has 5 rings (SSSR count). The molecule has 0 spiro atoms.